The Morgan fingerprint density at radius 1 is 0.667 bits per heavy atom. The average Bonchev–Trinajstić information content (AvgIpc) is 3.54. The highest BCUT2D eigenvalue weighted by Crippen LogP contribution is 2.49. The van der Waals surface area contributed by atoms with Crippen LogP contribution >= 0.6 is 19.6 Å². The third-order valence-electron chi connectivity index (χ3n) is 7.23. The van der Waals surface area contributed by atoms with Gasteiger partial charge in [0.2, 0.25) is 0 Å². The fraction of sp³-hybridized carbons (Fsp3) is 0.933. The summed E-state index contributed by atoms with van der Waals surface area (Å²) in [6.07, 6.45) is 12.2. The molecule has 2 fully saturated rings. The van der Waals surface area contributed by atoms with Gasteiger partial charge >= 0.3 is 19.8 Å². The number of phosphoric ester groups is 1. The van der Waals surface area contributed by atoms with Crippen molar-refractivity contribution in [1.82, 2.24) is 0 Å². The Kier molecular flexibility index (Phi) is 20.3. The largest absolute Gasteiger partial charge is 0.474 e. The first-order valence-electron chi connectivity index (χ1n) is 16.2. The van der Waals surface area contributed by atoms with E-state index in [9.17, 15) is 14.2 Å². The van der Waals surface area contributed by atoms with E-state index in [4.69, 9.17) is 32.5 Å². The van der Waals surface area contributed by atoms with Gasteiger partial charge in [-0.3, -0.25) is 23.2 Å². The predicted octanol–water partition coefficient (Wildman–Crippen LogP) is 7.02. The van der Waals surface area contributed by atoms with Crippen LogP contribution in [0.2, 0.25) is 0 Å². The van der Waals surface area contributed by atoms with E-state index in [0.717, 1.165) is 62.9 Å². The van der Waals surface area contributed by atoms with Crippen LogP contribution in [0.25, 0.3) is 0 Å². The van der Waals surface area contributed by atoms with Crippen LogP contribution in [0.15, 0.2) is 0 Å². The van der Waals surface area contributed by atoms with Gasteiger partial charge in [0.05, 0.1) is 33.0 Å². The molecule has 0 aromatic heterocycles. The summed E-state index contributed by atoms with van der Waals surface area (Å²) in [7, 11) is -3.39. The summed E-state index contributed by atoms with van der Waals surface area (Å²) in [5.74, 6) is 1.40. The minimum Gasteiger partial charge on any atom is -0.457 e. The smallest absolute Gasteiger partial charge is 0.457 e. The summed E-state index contributed by atoms with van der Waals surface area (Å²) in [6, 6.07) is 0. The molecule has 0 aromatic rings. The standard InChI is InChI=1S/C30H55O10PS/c1-4-7-8-15-18-27(31)39-25-23-34-30-26(24-35-29(25)30)40-28(32)19-16-13-11-9-10-12-14-17-21-42-22-20-38-41(33,36-5-2)37-6-3/h25-26,29-30H,4-24H2,1-3H3/t25-,26+,29?,30?/m1/s1. The number of thioether (sulfide) groups is 1. The topological polar surface area (TPSA) is 116 Å². The van der Waals surface area contributed by atoms with E-state index in [1.807, 2.05) is 0 Å². The fourth-order valence-corrected chi connectivity index (χ4v) is 7.16. The maximum Gasteiger partial charge on any atom is 0.474 e. The van der Waals surface area contributed by atoms with Gasteiger partial charge in [-0.1, -0.05) is 64.7 Å². The van der Waals surface area contributed by atoms with E-state index < -0.39 is 20.0 Å². The van der Waals surface area contributed by atoms with E-state index in [1.54, 1.807) is 25.6 Å². The number of phosphoric acid groups is 1. The van der Waals surface area contributed by atoms with E-state index >= 15 is 0 Å². The van der Waals surface area contributed by atoms with Gasteiger partial charge in [0.15, 0.2) is 12.2 Å². The van der Waals surface area contributed by atoms with Crippen LogP contribution < -0.4 is 0 Å². The molecule has 0 bridgehead atoms. The lowest BCUT2D eigenvalue weighted by Gasteiger charge is -2.17. The molecule has 12 heteroatoms. The van der Waals surface area contributed by atoms with Gasteiger partial charge in [-0.2, -0.15) is 11.8 Å². The number of carbonyl (C=O) groups is 2. The van der Waals surface area contributed by atoms with Gasteiger partial charge in [-0.25, -0.2) is 4.57 Å². The Balaban J connectivity index is 1.41. The molecule has 0 aliphatic carbocycles. The van der Waals surface area contributed by atoms with Crippen molar-refractivity contribution < 1.29 is 46.7 Å². The molecule has 10 nitrogen and oxygen atoms in total. The van der Waals surface area contributed by atoms with Crippen LogP contribution in [0, 0.1) is 0 Å². The molecule has 2 aliphatic rings. The predicted molar refractivity (Wildman–Crippen MR) is 164 cm³/mol. The number of unbranched alkanes of at least 4 members (excludes halogenated alkanes) is 10. The van der Waals surface area contributed by atoms with Gasteiger partial charge < -0.3 is 18.9 Å². The Hall–Kier alpha value is -0.680. The zero-order chi connectivity index (χ0) is 30.5. The molecule has 0 spiro atoms. The van der Waals surface area contributed by atoms with Crippen molar-refractivity contribution in [2.75, 3.05) is 44.5 Å². The minimum atomic E-state index is -3.39. The molecule has 2 rings (SSSR count). The zero-order valence-electron chi connectivity index (χ0n) is 26.1. The fourth-order valence-electron chi connectivity index (χ4n) is 5.06. The second-order valence-electron chi connectivity index (χ2n) is 10.8. The van der Waals surface area contributed by atoms with Crippen molar-refractivity contribution in [1.29, 1.82) is 0 Å². The van der Waals surface area contributed by atoms with Crippen LogP contribution in [0.5, 0.6) is 0 Å². The van der Waals surface area contributed by atoms with E-state index in [-0.39, 0.29) is 37.4 Å². The summed E-state index contributed by atoms with van der Waals surface area (Å²) < 4.78 is 50.6. The Bertz CT molecular complexity index is 775. The Morgan fingerprint density at radius 2 is 1.14 bits per heavy atom. The lowest BCUT2D eigenvalue weighted by Crippen LogP contribution is -2.35. The molecular formula is C30H55O10PS. The molecule has 0 radical (unpaired) electrons. The normalized spacial score (nSPS) is 21.9. The lowest BCUT2D eigenvalue weighted by atomic mass is 10.1. The van der Waals surface area contributed by atoms with Crippen LogP contribution in [0.1, 0.15) is 111 Å². The van der Waals surface area contributed by atoms with Crippen molar-refractivity contribution in [3.05, 3.63) is 0 Å². The minimum absolute atomic E-state index is 0.212. The first-order chi connectivity index (χ1) is 20.4. The molecule has 2 aliphatic heterocycles. The third kappa shape index (κ3) is 15.4. The number of hydrogen-bond donors (Lipinski definition) is 0. The van der Waals surface area contributed by atoms with Gasteiger partial charge in [0.25, 0.3) is 0 Å². The summed E-state index contributed by atoms with van der Waals surface area (Å²) in [4.78, 5) is 24.5. The molecule has 4 atom stereocenters. The van der Waals surface area contributed by atoms with E-state index in [1.165, 1.54) is 25.7 Å². The second-order valence-corrected chi connectivity index (χ2v) is 13.7. The second kappa shape index (κ2) is 22.8. The highest BCUT2D eigenvalue weighted by Gasteiger charge is 2.51. The van der Waals surface area contributed by atoms with Gasteiger partial charge in [-0.05, 0) is 38.9 Å². The summed E-state index contributed by atoms with van der Waals surface area (Å²) >= 11 is 1.79. The summed E-state index contributed by atoms with van der Waals surface area (Å²) in [5, 5.41) is 0. The molecule has 0 aromatic carbocycles. The molecule has 2 saturated heterocycles. The highest BCUT2D eigenvalue weighted by atomic mass is 32.2. The molecule has 246 valence electrons. The molecule has 0 N–H and O–H groups in total. The summed E-state index contributed by atoms with van der Waals surface area (Å²) in [6.45, 7) is 7.18. The molecule has 2 heterocycles. The van der Waals surface area contributed by atoms with Crippen LogP contribution in [-0.4, -0.2) is 80.9 Å². The van der Waals surface area contributed by atoms with Crippen molar-refractivity contribution in [2.24, 2.45) is 0 Å². The number of esters is 2. The molecule has 42 heavy (non-hydrogen) atoms. The van der Waals surface area contributed by atoms with Crippen molar-refractivity contribution in [2.45, 2.75) is 135 Å². The maximum atomic E-state index is 12.4. The molecule has 0 saturated carbocycles. The first-order valence-corrected chi connectivity index (χ1v) is 18.8. The maximum absolute atomic E-state index is 12.4. The number of rotatable bonds is 26. The molecule has 0 amide bonds. The number of hydrogen-bond acceptors (Lipinski definition) is 11. The zero-order valence-corrected chi connectivity index (χ0v) is 27.8. The summed E-state index contributed by atoms with van der Waals surface area (Å²) in [5.41, 5.74) is 0. The molecule has 2 unspecified atom stereocenters. The Morgan fingerprint density at radius 3 is 1.64 bits per heavy atom. The lowest BCUT2D eigenvalue weighted by molar-refractivity contribution is -0.155. The SMILES string of the molecule is CCCCCCC(=O)O[C@@H]1COC2C1OC[C@@H]2OC(=O)CCCCCCCCCCSCCOP(=O)(OCC)OCC. The average molecular weight is 639 g/mol. The van der Waals surface area contributed by atoms with Crippen LogP contribution in [-0.2, 0) is 46.7 Å². The van der Waals surface area contributed by atoms with Crippen molar-refractivity contribution >= 4 is 31.5 Å². The van der Waals surface area contributed by atoms with Crippen LogP contribution in [0.4, 0.5) is 0 Å². The first kappa shape index (κ1) is 37.5. The van der Waals surface area contributed by atoms with Gasteiger partial charge in [0, 0.05) is 18.6 Å². The quantitative estimate of drug-likeness (QED) is 0.0553. The van der Waals surface area contributed by atoms with Crippen molar-refractivity contribution in [3.63, 3.8) is 0 Å². The monoisotopic (exact) mass is 638 g/mol. The number of fused-ring (bicyclic) bond motifs is 1. The third-order valence-corrected chi connectivity index (χ3v) is 9.91. The number of carbonyl (C=O) groups excluding carboxylic acids is 2. The van der Waals surface area contributed by atoms with Gasteiger partial charge in [0.1, 0.15) is 12.2 Å². The number of ether oxygens (including phenoxy) is 4. The van der Waals surface area contributed by atoms with E-state index in [2.05, 4.69) is 6.92 Å². The van der Waals surface area contributed by atoms with Gasteiger partial charge in [-0.15, -0.1) is 0 Å². The highest BCUT2D eigenvalue weighted by molar-refractivity contribution is 7.99. The molecular weight excluding hydrogens is 583 g/mol. The Labute approximate surface area is 257 Å². The van der Waals surface area contributed by atoms with Crippen LogP contribution in [0.3, 0.4) is 0 Å². The van der Waals surface area contributed by atoms with E-state index in [0.29, 0.717) is 32.7 Å². The van der Waals surface area contributed by atoms with Crippen molar-refractivity contribution in [3.8, 4) is 0 Å².